The molecule has 0 N–H and O–H groups in total. The molecule has 0 aromatic heterocycles. The maximum absolute atomic E-state index is 2.91. The van der Waals surface area contributed by atoms with E-state index in [1.54, 1.807) is 0 Å². The fourth-order valence-corrected chi connectivity index (χ4v) is 3.78. The Morgan fingerprint density at radius 1 is 0.458 bits per heavy atom. The summed E-state index contributed by atoms with van der Waals surface area (Å²) < 4.78 is 0. The van der Waals surface area contributed by atoms with Crippen LogP contribution in [-0.4, -0.2) is 5.66 Å². The average Bonchev–Trinajstić information content (AvgIpc) is 2.56. The van der Waals surface area contributed by atoms with Crippen LogP contribution in [0.1, 0.15) is 142 Å². The molecular formula is C23H49P. The van der Waals surface area contributed by atoms with Gasteiger partial charge in [0, 0.05) is 0 Å². The van der Waals surface area contributed by atoms with Crippen LogP contribution < -0.4 is 0 Å². The van der Waals surface area contributed by atoms with E-state index < -0.39 is 0 Å². The van der Waals surface area contributed by atoms with Crippen molar-refractivity contribution in [2.45, 2.75) is 148 Å². The third-order valence-corrected chi connectivity index (χ3v) is 5.60. The molecule has 1 heteroatoms. The molecule has 2 unspecified atom stereocenters. The lowest BCUT2D eigenvalue weighted by Gasteiger charge is -2.05. The minimum Gasteiger partial charge on any atom is -0.135 e. The number of unbranched alkanes of at least 4 members (excludes halogenated alkanes) is 18. The topological polar surface area (TPSA) is 0 Å². The molecule has 0 aliphatic heterocycles. The van der Waals surface area contributed by atoms with Gasteiger partial charge >= 0.3 is 0 Å². The third kappa shape index (κ3) is 22.4. The Labute approximate surface area is 157 Å². The van der Waals surface area contributed by atoms with Crippen LogP contribution in [0.25, 0.3) is 0 Å². The largest absolute Gasteiger partial charge is 0.135 e. The van der Waals surface area contributed by atoms with Gasteiger partial charge in [0.25, 0.3) is 0 Å². The van der Waals surface area contributed by atoms with Gasteiger partial charge < -0.3 is 0 Å². The second kappa shape index (κ2) is 21.5. The fourth-order valence-electron chi connectivity index (χ4n) is 3.54. The van der Waals surface area contributed by atoms with Crippen molar-refractivity contribution in [3.05, 3.63) is 0 Å². The van der Waals surface area contributed by atoms with Crippen molar-refractivity contribution < 1.29 is 0 Å². The molecule has 0 nitrogen and oxygen atoms in total. The lowest BCUT2D eigenvalue weighted by molar-refractivity contribution is 0.521. The number of hydrogen-bond donors (Lipinski definition) is 0. The van der Waals surface area contributed by atoms with Crippen molar-refractivity contribution in [1.82, 2.24) is 0 Å². The van der Waals surface area contributed by atoms with Gasteiger partial charge in [0.15, 0.2) is 0 Å². The zero-order valence-electron chi connectivity index (χ0n) is 17.3. The van der Waals surface area contributed by atoms with Gasteiger partial charge in [-0.2, -0.15) is 0 Å². The molecular weight excluding hydrogens is 307 g/mol. The highest BCUT2D eigenvalue weighted by atomic mass is 31.0. The van der Waals surface area contributed by atoms with E-state index in [1.165, 1.54) is 128 Å². The Bertz CT molecular complexity index is 212. The molecule has 0 aliphatic rings. The van der Waals surface area contributed by atoms with Crippen molar-refractivity contribution >= 4 is 9.24 Å². The molecule has 0 saturated carbocycles. The van der Waals surface area contributed by atoms with Gasteiger partial charge in [-0.1, -0.05) is 136 Å². The van der Waals surface area contributed by atoms with Crippen LogP contribution in [0.3, 0.4) is 0 Å². The van der Waals surface area contributed by atoms with Crippen LogP contribution in [0.15, 0.2) is 0 Å². The molecule has 0 bridgehead atoms. The van der Waals surface area contributed by atoms with E-state index in [4.69, 9.17) is 0 Å². The molecule has 0 aromatic rings. The van der Waals surface area contributed by atoms with E-state index in [0.29, 0.717) is 0 Å². The quantitative estimate of drug-likeness (QED) is 0.151. The highest BCUT2D eigenvalue weighted by molar-refractivity contribution is 7.17. The van der Waals surface area contributed by atoms with Crippen LogP contribution in [-0.2, 0) is 0 Å². The summed E-state index contributed by atoms with van der Waals surface area (Å²) in [6, 6.07) is 0. The summed E-state index contributed by atoms with van der Waals surface area (Å²) in [6.45, 7) is 4.60. The normalized spacial score (nSPS) is 12.6. The summed E-state index contributed by atoms with van der Waals surface area (Å²) in [5.41, 5.74) is 0.816. The molecule has 0 heterocycles. The minimum absolute atomic E-state index is 0.816. The molecule has 0 rings (SSSR count). The average molecular weight is 357 g/mol. The first kappa shape index (κ1) is 24.4. The van der Waals surface area contributed by atoms with Crippen LogP contribution >= 0.6 is 9.24 Å². The second-order valence-electron chi connectivity index (χ2n) is 8.13. The van der Waals surface area contributed by atoms with Gasteiger partial charge in [-0.25, -0.2) is 0 Å². The molecule has 0 fully saturated rings. The van der Waals surface area contributed by atoms with Gasteiger partial charge in [0.1, 0.15) is 0 Å². The highest BCUT2D eigenvalue weighted by Crippen LogP contribution is 2.15. The van der Waals surface area contributed by atoms with Crippen molar-refractivity contribution in [2.75, 3.05) is 0 Å². The molecule has 2 atom stereocenters. The Hall–Kier alpha value is 0.430. The predicted molar refractivity (Wildman–Crippen MR) is 117 cm³/mol. The Balaban J connectivity index is 2.95. The van der Waals surface area contributed by atoms with E-state index >= 15 is 0 Å². The smallest absolute Gasteiger partial charge is 0.0293 e. The van der Waals surface area contributed by atoms with E-state index in [1.807, 2.05) is 0 Å². The van der Waals surface area contributed by atoms with E-state index in [-0.39, 0.29) is 0 Å². The monoisotopic (exact) mass is 356 g/mol. The first-order valence-corrected chi connectivity index (χ1v) is 12.2. The predicted octanol–water partition coefficient (Wildman–Crippen LogP) is 9.07. The summed E-state index contributed by atoms with van der Waals surface area (Å²) >= 11 is 0. The third-order valence-electron chi connectivity index (χ3n) is 5.26. The second-order valence-corrected chi connectivity index (χ2v) is 9.27. The van der Waals surface area contributed by atoms with Crippen molar-refractivity contribution in [3.8, 4) is 0 Å². The maximum atomic E-state index is 2.91. The Kier molecular flexibility index (Phi) is 21.9. The molecule has 0 saturated heterocycles. The summed E-state index contributed by atoms with van der Waals surface area (Å²) in [5.74, 6) is 0. The maximum Gasteiger partial charge on any atom is -0.0293 e. The summed E-state index contributed by atoms with van der Waals surface area (Å²) in [7, 11) is 2.91. The molecule has 0 aromatic carbocycles. The first-order chi connectivity index (χ1) is 11.8. The van der Waals surface area contributed by atoms with Gasteiger partial charge in [0.2, 0.25) is 0 Å². The highest BCUT2D eigenvalue weighted by Gasteiger charge is 1.96. The standard InChI is InChI=1S/C23H49P/c1-3-4-5-6-7-8-9-10-11-12-13-14-15-16-17-18-19-20-21-22-23(2)24/h23H,3-22,24H2,1-2H3. The van der Waals surface area contributed by atoms with Crippen LogP contribution in [0.5, 0.6) is 0 Å². The number of rotatable bonds is 20. The summed E-state index contributed by atoms with van der Waals surface area (Å²) in [5, 5.41) is 0. The molecule has 0 aliphatic carbocycles. The van der Waals surface area contributed by atoms with Gasteiger partial charge in [0.05, 0.1) is 0 Å². The lowest BCUT2D eigenvalue weighted by atomic mass is 10.0. The summed E-state index contributed by atoms with van der Waals surface area (Å²) in [4.78, 5) is 0. The van der Waals surface area contributed by atoms with Gasteiger partial charge in [-0.3, -0.25) is 0 Å². The van der Waals surface area contributed by atoms with Gasteiger partial charge in [-0.15, -0.1) is 9.24 Å². The van der Waals surface area contributed by atoms with E-state index in [9.17, 15) is 0 Å². The zero-order chi connectivity index (χ0) is 17.7. The van der Waals surface area contributed by atoms with Crippen LogP contribution in [0.4, 0.5) is 0 Å². The van der Waals surface area contributed by atoms with Gasteiger partial charge in [-0.05, 0) is 12.1 Å². The fraction of sp³-hybridized carbons (Fsp3) is 1.00. The Morgan fingerprint density at radius 3 is 0.958 bits per heavy atom. The molecule has 24 heavy (non-hydrogen) atoms. The molecule has 0 radical (unpaired) electrons. The molecule has 0 spiro atoms. The lowest BCUT2D eigenvalue weighted by Crippen LogP contribution is -1.89. The van der Waals surface area contributed by atoms with E-state index in [2.05, 4.69) is 23.1 Å². The SMILES string of the molecule is CCCCCCCCCCCCCCCCCCCCCC(C)P. The zero-order valence-corrected chi connectivity index (χ0v) is 18.5. The Morgan fingerprint density at radius 2 is 0.708 bits per heavy atom. The molecule has 0 amide bonds. The first-order valence-electron chi connectivity index (χ1n) is 11.5. The van der Waals surface area contributed by atoms with Crippen molar-refractivity contribution in [2.24, 2.45) is 0 Å². The molecule has 146 valence electrons. The van der Waals surface area contributed by atoms with Crippen LogP contribution in [0, 0.1) is 0 Å². The van der Waals surface area contributed by atoms with Crippen molar-refractivity contribution in [1.29, 1.82) is 0 Å². The van der Waals surface area contributed by atoms with Crippen molar-refractivity contribution in [3.63, 3.8) is 0 Å². The van der Waals surface area contributed by atoms with E-state index in [0.717, 1.165) is 5.66 Å². The minimum atomic E-state index is 0.816. The number of hydrogen-bond acceptors (Lipinski definition) is 0. The summed E-state index contributed by atoms with van der Waals surface area (Å²) in [6.07, 6.45) is 29.3. The van der Waals surface area contributed by atoms with Crippen LogP contribution in [0.2, 0.25) is 0 Å².